The molecule has 1 unspecified atom stereocenters. The van der Waals surface area contributed by atoms with E-state index >= 15 is 0 Å². The van der Waals surface area contributed by atoms with Crippen LogP contribution in [-0.4, -0.2) is 58.2 Å². The molecule has 0 radical (unpaired) electrons. The lowest BCUT2D eigenvalue weighted by molar-refractivity contribution is 0.385. The smallest absolute Gasteiger partial charge is 0.228 e. The summed E-state index contributed by atoms with van der Waals surface area (Å²) in [4.78, 5) is 0. The van der Waals surface area contributed by atoms with Crippen molar-refractivity contribution in [2.75, 3.05) is 31.0 Å². The van der Waals surface area contributed by atoms with E-state index < -0.39 is 24.9 Å². The molecular formula is C9H20N2O4S2. The van der Waals surface area contributed by atoms with E-state index in [1.54, 1.807) is 6.92 Å². The number of hydrogen-bond acceptors (Lipinski definition) is 5. The van der Waals surface area contributed by atoms with Crippen molar-refractivity contribution in [3.05, 3.63) is 0 Å². The molecule has 6 nitrogen and oxygen atoms in total. The minimum absolute atomic E-state index is 0.143. The van der Waals surface area contributed by atoms with E-state index in [0.717, 1.165) is 25.6 Å². The molecule has 0 aromatic heterocycles. The van der Waals surface area contributed by atoms with E-state index in [0.29, 0.717) is 13.1 Å². The van der Waals surface area contributed by atoms with Gasteiger partial charge in [0.25, 0.3) is 0 Å². The second-order valence-corrected chi connectivity index (χ2v) is 8.87. The first-order valence-corrected chi connectivity index (χ1v) is 9.30. The molecule has 0 aromatic rings. The molecular weight excluding hydrogens is 264 g/mol. The highest BCUT2D eigenvalue weighted by atomic mass is 32.3. The van der Waals surface area contributed by atoms with Crippen molar-refractivity contribution in [1.29, 1.82) is 0 Å². The van der Waals surface area contributed by atoms with Crippen LogP contribution in [0.2, 0.25) is 0 Å². The van der Waals surface area contributed by atoms with Crippen molar-refractivity contribution in [2.45, 2.75) is 25.8 Å². The molecule has 0 aliphatic carbocycles. The highest BCUT2D eigenvalue weighted by molar-refractivity contribution is 8.06. The van der Waals surface area contributed by atoms with Crippen molar-refractivity contribution in [2.24, 2.45) is 0 Å². The Hall–Kier alpha value is -0.180. The molecule has 1 fully saturated rings. The predicted molar refractivity (Wildman–Crippen MR) is 66.9 cm³/mol. The zero-order chi connectivity index (χ0) is 13.1. The number of rotatable bonds is 6. The Morgan fingerprint density at radius 3 is 2.35 bits per heavy atom. The Morgan fingerprint density at radius 2 is 1.94 bits per heavy atom. The maximum Gasteiger partial charge on any atom is 0.228 e. The molecule has 102 valence electrons. The summed E-state index contributed by atoms with van der Waals surface area (Å²) < 4.78 is 47.2. The van der Waals surface area contributed by atoms with E-state index in [9.17, 15) is 16.8 Å². The lowest BCUT2D eigenvalue weighted by Gasteiger charge is -2.23. The lowest BCUT2D eigenvalue weighted by Crippen LogP contribution is -2.42. The molecule has 1 aliphatic heterocycles. The number of sulfone groups is 1. The van der Waals surface area contributed by atoms with E-state index in [-0.39, 0.29) is 6.04 Å². The molecule has 1 aliphatic rings. The summed E-state index contributed by atoms with van der Waals surface area (Å²) in [6, 6.07) is 0.143. The van der Waals surface area contributed by atoms with Crippen LogP contribution in [0.25, 0.3) is 0 Å². The summed E-state index contributed by atoms with van der Waals surface area (Å²) in [5.74, 6) is 0. The van der Waals surface area contributed by atoms with Gasteiger partial charge in [-0.25, -0.2) is 16.8 Å². The number of likely N-dealkylation sites (N-methyl/N-ethyl adjacent to an activating group) is 1. The largest absolute Gasteiger partial charge is 0.313 e. The number of nitrogens with one attached hydrogen (secondary N) is 1. The van der Waals surface area contributed by atoms with Crippen LogP contribution < -0.4 is 5.32 Å². The van der Waals surface area contributed by atoms with E-state index in [4.69, 9.17) is 0 Å². The second kappa shape index (κ2) is 5.64. The molecule has 0 amide bonds. The Balaban J connectivity index is 2.71. The zero-order valence-electron chi connectivity index (χ0n) is 10.2. The third-order valence-electron chi connectivity index (χ3n) is 2.70. The number of hydrogen-bond donors (Lipinski definition) is 1. The van der Waals surface area contributed by atoms with Crippen LogP contribution in [0.15, 0.2) is 0 Å². The Labute approximate surface area is 103 Å². The van der Waals surface area contributed by atoms with Crippen molar-refractivity contribution < 1.29 is 16.8 Å². The van der Waals surface area contributed by atoms with Gasteiger partial charge in [-0.15, -0.1) is 0 Å². The van der Waals surface area contributed by atoms with Crippen LogP contribution in [0.5, 0.6) is 0 Å². The average molecular weight is 284 g/mol. The fourth-order valence-electron chi connectivity index (χ4n) is 1.94. The number of nitrogens with zero attached hydrogens (tertiary/aromatic N) is 1. The molecule has 0 aromatic carbocycles. The van der Waals surface area contributed by atoms with Crippen LogP contribution in [0.4, 0.5) is 0 Å². The van der Waals surface area contributed by atoms with Crippen LogP contribution in [0.3, 0.4) is 0 Å². The molecule has 0 spiro atoms. The minimum atomic E-state index is -3.71. The fraction of sp³-hybridized carbons (Fsp3) is 1.00. The van der Waals surface area contributed by atoms with E-state index in [2.05, 4.69) is 5.32 Å². The van der Waals surface area contributed by atoms with Gasteiger partial charge in [-0.2, -0.15) is 4.31 Å². The lowest BCUT2D eigenvalue weighted by atomic mass is 10.2. The van der Waals surface area contributed by atoms with E-state index in [1.165, 1.54) is 4.31 Å². The molecule has 1 N–H and O–H groups in total. The van der Waals surface area contributed by atoms with Gasteiger partial charge in [0.2, 0.25) is 10.0 Å². The monoisotopic (exact) mass is 284 g/mol. The molecule has 1 rings (SSSR count). The van der Waals surface area contributed by atoms with Gasteiger partial charge >= 0.3 is 0 Å². The maximum atomic E-state index is 11.9. The summed E-state index contributed by atoms with van der Waals surface area (Å²) in [6.07, 6.45) is 2.91. The molecule has 0 saturated carbocycles. The van der Waals surface area contributed by atoms with Gasteiger partial charge in [0.05, 0.1) is 0 Å². The average Bonchev–Trinajstić information content (AvgIpc) is 2.61. The van der Waals surface area contributed by atoms with Crippen LogP contribution in [-0.2, 0) is 19.9 Å². The topological polar surface area (TPSA) is 83.6 Å². The Bertz CT molecular complexity index is 438. The molecule has 8 heteroatoms. The highest BCUT2D eigenvalue weighted by Gasteiger charge is 2.28. The van der Waals surface area contributed by atoms with Gasteiger partial charge in [0.1, 0.15) is 0 Å². The third-order valence-corrected chi connectivity index (χ3v) is 6.79. The van der Waals surface area contributed by atoms with Crippen molar-refractivity contribution in [3.8, 4) is 0 Å². The Morgan fingerprint density at radius 1 is 1.29 bits per heavy atom. The van der Waals surface area contributed by atoms with Gasteiger partial charge in [0.15, 0.2) is 14.9 Å². The summed E-state index contributed by atoms with van der Waals surface area (Å²) >= 11 is 0. The molecule has 0 bridgehead atoms. The van der Waals surface area contributed by atoms with Gasteiger partial charge < -0.3 is 5.32 Å². The van der Waals surface area contributed by atoms with Crippen LogP contribution >= 0.6 is 0 Å². The van der Waals surface area contributed by atoms with Crippen LogP contribution in [0, 0.1) is 0 Å². The first-order chi connectivity index (χ1) is 7.74. The summed E-state index contributed by atoms with van der Waals surface area (Å²) in [5, 5.41) is 2.40. The van der Waals surface area contributed by atoms with Crippen molar-refractivity contribution in [1.82, 2.24) is 9.62 Å². The second-order valence-electron chi connectivity index (χ2n) is 4.40. The van der Waals surface area contributed by atoms with Crippen molar-refractivity contribution >= 4 is 19.9 Å². The fourth-order valence-corrected chi connectivity index (χ4v) is 5.50. The van der Waals surface area contributed by atoms with Gasteiger partial charge in [-0.05, 0) is 19.4 Å². The highest BCUT2D eigenvalue weighted by Crippen LogP contribution is 2.11. The minimum Gasteiger partial charge on any atom is -0.313 e. The zero-order valence-corrected chi connectivity index (χ0v) is 11.8. The van der Waals surface area contributed by atoms with Gasteiger partial charge in [-0.1, -0.05) is 6.92 Å². The van der Waals surface area contributed by atoms with Crippen molar-refractivity contribution in [3.63, 3.8) is 0 Å². The molecule has 17 heavy (non-hydrogen) atoms. The molecule has 1 saturated heterocycles. The SMILES string of the molecule is CCN(CC1CCCN1)S(=O)(=O)CS(C)(=O)=O. The predicted octanol–water partition coefficient (Wildman–Crippen LogP) is -0.608. The normalized spacial score (nSPS) is 22.2. The van der Waals surface area contributed by atoms with Crippen LogP contribution in [0.1, 0.15) is 19.8 Å². The Kier molecular flexibility index (Phi) is 4.94. The maximum absolute atomic E-state index is 11.9. The summed E-state index contributed by atoms with van der Waals surface area (Å²) in [5.41, 5.74) is 0. The van der Waals surface area contributed by atoms with Gasteiger partial charge in [-0.3, -0.25) is 0 Å². The van der Waals surface area contributed by atoms with Gasteiger partial charge in [0, 0.05) is 25.4 Å². The molecule has 1 atom stereocenters. The number of sulfonamides is 1. The molecule has 1 heterocycles. The standard InChI is InChI=1S/C9H20N2O4S2/c1-3-11(7-9-5-4-6-10-9)17(14,15)8-16(2,12)13/h9-10H,3-8H2,1-2H3. The summed E-state index contributed by atoms with van der Waals surface area (Å²) in [7, 11) is -7.23. The first-order valence-electron chi connectivity index (χ1n) is 5.63. The quantitative estimate of drug-likeness (QED) is 0.703. The van der Waals surface area contributed by atoms with E-state index in [1.807, 2.05) is 0 Å². The summed E-state index contributed by atoms with van der Waals surface area (Å²) in [6.45, 7) is 3.27. The third kappa shape index (κ3) is 4.90. The first kappa shape index (κ1) is 14.9.